The summed E-state index contributed by atoms with van der Waals surface area (Å²) in [7, 11) is 1.94. The summed E-state index contributed by atoms with van der Waals surface area (Å²) >= 11 is 1.60. The highest BCUT2D eigenvalue weighted by atomic mass is 32.2. The molecule has 1 saturated carbocycles. The van der Waals surface area contributed by atoms with Crippen molar-refractivity contribution in [2.75, 3.05) is 0 Å². The number of carbonyl (C=O) groups is 3. The van der Waals surface area contributed by atoms with Crippen LogP contribution in [0.15, 0.2) is 10.6 Å². The van der Waals surface area contributed by atoms with Gasteiger partial charge in [0.15, 0.2) is 0 Å². The molecule has 8 heteroatoms. The molecule has 0 spiro atoms. The largest absolute Gasteiger partial charge is 0.447 e. The van der Waals surface area contributed by atoms with Crippen LogP contribution in [0.5, 0.6) is 0 Å². The fraction of sp³-hybridized carbons (Fsp3) is 0.706. The average molecular weight is 385 g/mol. The number of Topliss-reactive ketones (excluding diaryl/α,β-unsaturated/α-hetero) is 1. The van der Waals surface area contributed by atoms with E-state index in [0.717, 1.165) is 24.2 Å². The van der Waals surface area contributed by atoms with Gasteiger partial charge in [-0.1, -0.05) is 6.92 Å². The Morgan fingerprint density at radius 1 is 1.40 bits per heavy atom. The van der Waals surface area contributed by atoms with Gasteiger partial charge in [0.1, 0.15) is 11.5 Å². The molecule has 0 aromatic carbocycles. The number of carbonyl (C=O) groups excluding carboxylic acids is 3. The van der Waals surface area contributed by atoms with Crippen LogP contribution in [0.25, 0.3) is 0 Å². The molecule has 25 heavy (non-hydrogen) atoms. The van der Waals surface area contributed by atoms with E-state index in [4.69, 9.17) is 4.52 Å². The van der Waals surface area contributed by atoms with E-state index in [1.807, 2.05) is 16.4 Å². The zero-order chi connectivity index (χ0) is 18.5. The lowest BCUT2D eigenvalue weighted by Crippen LogP contribution is -2.63. The van der Waals surface area contributed by atoms with Crippen molar-refractivity contribution >= 4 is 38.9 Å². The Kier molecular flexibility index (Phi) is 5.29. The molecule has 0 aromatic heterocycles. The van der Waals surface area contributed by atoms with Gasteiger partial charge in [0.25, 0.3) is 0 Å². The number of aliphatic hydroxyl groups is 1. The second-order valence-corrected chi connectivity index (χ2v) is 8.81. The van der Waals surface area contributed by atoms with Gasteiger partial charge in [0.05, 0.1) is 27.5 Å². The van der Waals surface area contributed by atoms with Gasteiger partial charge < -0.3 is 14.5 Å². The smallest absolute Gasteiger partial charge is 0.358 e. The molecule has 0 radical (unpaired) electrons. The third kappa shape index (κ3) is 3.04. The summed E-state index contributed by atoms with van der Waals surface area (Å²) in [4.78, 5) is 38.7. The van der Waals surface area contributed by atoms with Crippen LogP contribution < -0.4 is 0 Å². The topological polar surface area (TPSA) is 83.9 Å². The third-order valence-electron chi connectivity index (χ3n) is 5.66. The van der Waals surface area contributed by atoms with Gasteiger partial charge in [-0.05, 0) is 33.1 Å². The molecule has 138 valence electrons. The fourth-order valence-corrected chi connectivity index (χ4v) is 6.02. The van der Waals surface area contributed by atoms with Crippen molar-refractivity contribution in [2.45, 2.75) is 57.4 Å². The second-order valence-electron chi connectivity index (χ2n) is 7.23. The lowest BCUT2D eigenvalue weighted by atomic mass is 9.79. The number of thioether (sulfide) groups is 1. The van der Waals surface area contributed by atoms with Crippen LogP contribution in [0.3, 0.4) is 0 Å². The maximum absolute atomic E-state index is 12.4. The van der Waals surface area contributed by atoms with Gasteiger partial charge in [-0.25, -0.2) is 4.79 Å². The predicted octanol–water partition coefficient (Wildman–Crippen LogP) is 1.88. The van der Waals surface area contributed by atoms with E-state index >= 15 is 0 Å². The minimum Gasteiger partial charge on any atom is -0.447 e. The van der Waals surface area contributed by atoms with Gasteiger partial charge >= 0.3 is 5.97 Å². The maximum atomic E-state index is 12.4. The molecule has 1 N–H and O–H groups in total. The van der Waals surface area contributed by atoms with Gasteiger partial charge in [-0.2, -0.15) is 0 Å². The van der Waals surface area contributed by atoms with Crippen molar-refractivity contribution in [3.8, 4) is 0 Å². The predicted molar refractivity (Wildman–Crippen MR) is 97.2 cm³/mol. The van der Waals surface area contributed by atoms with Gasteiger partial charge in [0, 0.05) is 22.0 Å². The molecule has 1 aliphatic carbocycles. The molecular weight excluding hydrogens is 361 g/mol. The highest BCUT2D eigenvalue weighted by Gasteiger charge is 2.60. The Morgan fingerprint density at radius 3 is 2.60 bits per heavy atom. The Hall–Kier alpha value is -0.910. The summed E-state index contributed by atoms with van der Waals surface area (Å²) in [5.41, 5.74) is 0.311. The summed E-state index contributed by atoms with van der Waals surface area (Å²) in [6.45, 7) is 5.23. The van der Waals surface area contributed by atoms with Gasteiger partial charge in [-0.3, -0.25) is 9.59 Å². The van der Waals surface area contributed by atoms with E-state index in [1.165, 1.54) is 4.90 Å². The molecule has 2 heterocycles. The van der Waals surface area contributed by atoms with Crippen LogP contribution in [-0.2, 0) is 18.9 Å². The van der Waals surface area contributed by atoms with Crippen molar-refractivity contribution < 1.29 is 24.0 Å². The van der Waals surface area contributed by atoms with Crippen molar-refractivity contribution in [1.29, 1.82) is 0 Å². The standard InChI is InChI=1S/C17H24NO5PS/c1-7-13-12(9(3)20)16(21)18(13)14(17(22)23-24)15(7)25-11-5-4-10(6-11)8(2)19/h7,9-13,20H,4-6,24H2,1-3H3. The van der Waals surface area contributed by atoms with E-state index in [-0.39, 0.29) is 34.8 Å². The summed E-state index contributed by atoms with van der Waals surface area (Å²) in [5, 5.41) is 10.2. The summed E-state index contributed by atoms with van der Waals surface area (Å²) < 4.78 is 4.83. The number of hydrogen-bond donors (Lipinski definition) is 1. The Morgan fingerprint density at radius 2 is 2.08 bits per heavy atom. The third-order valence-corrected chi connectivity index (χ3v) is 7.46. The Bertz CT molecular complexity index is 649. The lowest BCUT2D eigenvalue weighted by molar-refractivity contribution is -0.162. The van der Waals surface area contributed by atoms with E-state index in [2.05, 4.69) is 0 Å². The van der Waals surface area contributed by atoms with E-state index < -0.39 is 18.0 Å². The normalized spacial score (nSPS) is 35.5. The molecule has 2 aliphatic heterocycles. The first-order valence-corrected chi connectivity index (χ1v) is 9.96. The molecule has 2 fully saturated rings. The SMILES string of the molecule is CC(=O)C1CCC(SC2=C(C(=O)OP)N3C(=O)C(C(C)O)C3C2C)C1. The van der Waals surface area contributed by atoms with Crippen LogP contribution in [0.2, 0.25) is 0 Å². The Labute approximate surface area is 154 Å². The van der Waals surface area contributed by atoms with Crippen LogP contribution in [0.1, 0.15) is 40.0 Å². The van der Waals surface area contributed by atoms with E-state index in [0.29, 0.717) is 5.70 Å². The first-order valence-electron chi connectivity index (χ1n) is 8.61. The number of hydrogen-bond acceptors (Lipinski definition) is 6. The lowest BCUT2D eigenvalue weighted by Gasteiger charge is -2.46. The van der Waals surface area contributed by atoms with E-state index in [1.54, 1.807) is 25.6 Å². The van der Waals surface area contributed by atoms with Crippen molar-refractivity contribution in [2.24, 2.45) is 17.8 Å². The quantitative estimate of drug-likeness (QED) is 0.575. The van der Waals surface area contributed by atoms with Gasteiger partial charge in [-0.15, -0.1) is 11.8 Å². The molecule has 1 amide bonds. The molecule has 7 unspecified atom stereocenters. The van der Waals surface area contributed by atoms with Crippen LogP contribution in [-0.4, -0.2) is 45.1 Å². The monoisotopic (exact) mass is 385 g/mol. The highest BCUT2D eigenvalue weighted by Crippen LogP contribution is 2.53. The summed E-state index contributed by atoms with van der Waals surface area (Å²) in [5.74, 6) is -0.960. The maximum Gasteiger partial charge on any atom is 0.358 e. The number of fused-ring (bicyclic) bond motifs is 1. The number of nitrogens with zero attached hydrogens (tertiary/aromatic N) is 1. The first-order chi connectivity index (χ1) is 11.8. The number of ketones is 1. The molecule has 3 aliphatic rings. The number of rotatable bonds is 5. The highest BCUT2D eigenvalue weighted by molar-refractivity contribution is 8.03. The van der Waals surface area contributed by atoms with Crippen molar-refractivity contribution in [1.82, 2.24) is 4.90 Å². The van der Waals surface area contributed by atoms with E-state index in [9.17, 15) is 19.5 Å². The van der Waals surface area contributed by atoms with Crippen LogP contribution >= 0.6 is 21.2 Å². The molecule has 1 saturated heterocycles. The second kappa shape index (κ2) is 7.01. The van der Waals surface area contributed by atoms with Crippen LogP contribution in [0, 0.1) is 17.8 Å². The molecule has 6 nitrogen and oxygen atoms in total. The summed E-state index contributed by atoms with van der Waals surface area (Å²) in [6, 6.07) is -0.195. The Balaban J connectivity index is 1.85. The summed E-state index contributed by atoms with van der Waals surface area (Å²) in [6.07, 6.45) is 1.85. The van der Waals surface area contributed by atoms with Crippen molar-refractivity contribution in [3.05, 3.63) is 10.6 Å². The van der Waals surface area contributed by atoms with Crippen LogP contribution in [0.4, 0.5) is 0 Å². The van der Waals surface area contributed by atoms with Crippen molar-refractivity contribution in [3.63, 3.8) is 0 Å². The fourth-order valence-electron chi connectivity index (χ4n) is 4.32. The molecule has 0 bridgehead atoms. The molecule has 7 atom stereocenters. The number of amides is 1. The van der Waals surface area contributed by atoms with Gasteiger partial charge in [0.2, 0.25) is 5.91 Å². The molecule has 3 rings (SSSR count). The minimum absolute atomic E-state index is 0.0298. The average Bonchev–Trinajstić information content (AvgIpc) is 3.10. The number of β-lactam (4-membered cyclic amide) rings is 1. The zero-order valence-electron chi connectivity index (χ0n) is 14.6. The number of aliphatic hydroxyl groups excluding tert-OH is 1. The first kappa shape index (κ1) is 18.9. The molecular formula is C17H24NO5PS. The molecule has 0 aromatic rings. The minimum atomic E-state index is -0.748. The zero-order valence-corrected chi connectivity index (χ0v) is 16.6.